The van der Waals surface area contributed by atoms with Crippen molar-refractivity contribution >= 4 is 22.6 Å². The summed E-state index contributed by atoms with van der Waals surface area (Å²) in [7, 11) is 1.46. The maximum absolute atomic E-state index is 12.3. The van der Waals surface area contributed by atoms with E-state index in [9.17, 15) is 24.5 Å². The molecule has 0 aliphatic carbocycles. The molecule has 0 bridgehead atoms. The summed E-state index contributed by atoms with van der Waals surface area (Å²) in [6.45, 7) is 0.147. The third-order valence-electron chi connectivity index (χ3n) is 4.14. The van der Waals surface area contributed by atoms with Crippen molar-refractivity contribution in [3.8, 4) is 5.75 Å². The zero-order valence-electron chi connectivity index (χ0n) is 14.8. The van der Waals surface area contributed by atoms with E-state index < -0.39 is 16.0 Å². The zero-order valence-corrected chi connectivity index (χ0v) is 14.8. The lowest BCUT2D eigenvalue weighted by Gasteiger charge is -2.10. The molecule has 1 heterocycles. The Morgan fingerprint density at radius 1 is 1.18 bits per heavy atom. The summed E-state index contributed by atoms with van der Waals surface area (Å²) in [5.74, 6) is 0.0526. The van der Waals surface area contributed by atoms with E-state index >= 15 is 0 Å². The summed E-state index contributed by atoms with van der Waals surface area (Å²) in [5.41, 5.74) is -0.804. The largest absolute Gasteiger partial charge is 0.496 e. The van der Waals surface area contributed by atoms with Crippen LogP contribution in [0.15, 0.2) is 46.0 Å². The Labute approximate surface area is 157 Å². The van der Waals surface area contributed by atoms with Gasteiger partial charge in [-0.05, 0) is 24.1 Å². The first-order valence-corrected chi connectivity index (χ1v) is 8.25. The normalized spacial score (nSPS) is 10.6. The number of benzene rings is 2. The molecule has 0 unspecified atom stereocenters. The van der Waals surface area contributed by atoms with E-state index in [0.717, 1.165) is 0 Å². The molecule has 2 aromatic carbocycles. The number of non-ortho nitro benzene ring substituents is 1. The van der Waals surface area contributed by atoms with Gasteiger partial charge in [-0.25, -0.2) is 0 Å². The average Bonchev–Trinajstić information content (AvgIpc) is 2.68. The summed E-state index contributed by atoms with van der Waals surface area (Å²) >= 11 is 0. The highest BCUT2D eigenvalue weighted by molar-refractivity contribution is 5.96. The molecule has 0 radical (unpaired) electrons. The molecule has 1 amide bonds. The van der Waals surface area contributed by atoms with Gasteiger partial charge in [0.25, 0.3) is 11.6 Å². The maximum atomic E-state index is 12.3. The summed E-state index contributed by atoms with van der Waals surface area (Å²) in [6.07, 6.45) is 0.195. The van der Waals surface area contributed by atoms with Crippen LogP contribution in [0.3, 0.4) is 0 Å². The number of ether oxygens (including phenoxy) is 1. The van der Waals surface area contributed by atoms with Crippen molar-refractivity contribution in [2.45, 2.75) is 6.42 Å². The van der Waals surface area contributed by atoms with Gasteiger partial charge in [0, 0.05) is 18.7 Å². The van der Waals surface area contributed by atoms with Gasteiger partial charge < -0.3 is 20.0 Å². The first-order chi connectivity index (χ1) is 13.4. The molecule has 3 aromatic rings. The summed E-state index contributed by atoms with van der Waals surface area (Å²) in [5, 5.41) is 13.9. The molecule has 3 rings (SSSR count). The fraction of sp³-hybridized carbons (Fsp3) is 0.167. The van der Waals surface area contributed by atoms with Crippen LogP contribution in [-0.4, -0.2) is 34.5 Å². The monoisotopic (exact) mass is 384 g/mol. The van der Waals surface area contributed by atoms with Gasteiger partial charge in [0.1, 0.15) is 5.75 Å². The van der Waals surface area contributed by atoms with E-state index in [4.69, 9.17) is 4.74 Å². The molecular formula is C18H16N4O6. The first kappa shape index (κ1) is 18.8. The second kappa shape index (κ2) is 7.74. The van der Waals surface area contributed by atoms with Crippen molar-refractivity contribution in [2.24, 2.45) is 0 Å². The Balaban J connectivity index is 1.86. The topological polar surface area (TPSA) is 147 Å². The molecule has 10 heteroatoms. The molecule has 10 nitrogen and oxygen atoms in total. The zero-order chi connectivity index (χ0) is 20.3. The van der Waals surface area contributed by atoms with E-state index in [-0.39, 0.29) is 35.6 Å². The van der Waals surface area contributed by atoms with Crippen LogP contribution in [0.1, 0.15) is 15.9 Å². The van der Waals surface area contributed by atoms with Gasteiger partial charge in [-0.3, -0.25) is 24.5 Å². The van der Waals surface area contributed by atoms with Crippen molar-refractivity contribution < 1.29 is 14.5 Å². The second-order valence-corrected chi connectivity index (χ2v) is 5.90. The number of carbonyl (C=O) groups is 1. The van der Waals surface area contributed by atoms with Gasteiger partial charge in [0.05, 0.1) is 28.6 Å². The molecule has 28 heavy (non-hydrogen) atoms. The second-order valence-electron chi connectivity index (χ2n) is 5.90. The molecule has 0 spiro atoms. The van der Waals surface area contributed by atoms with E-state index in [1.54, 1.807) is 24.3 Å². The van der Waals surface area contributed by atoms with E-state index in [1.807, 2.05) is 0 Å². The molecular weight excluding hydrogens is 368 g/mol. The Morgan fingerprint density at radius 2 is 1.89 bits per heavy atom. The third-order valence-corrected chi connectivity index (χ3v) is 4.14. The molecule has 0 aliphatic heterocycles. The predicted molar refractivity (Wildman–Crippen MR) is 101 cm³/mol. The van der Waals surface area contributed by atoms with Gasteiger partial charge in [0.2, 0.25) is 0 Å². The molecule has 0 fully saturated rings. The Morgan fingerprint density at radius 3 is 2.61 bits per heavy atom. The van der Waals surface area contributed by atoms with Crippen LogP contribution in [0, 0.1) is 10.1 Å². The van der Waals surface area contributed by atoms with Gasteiger partial charge in [-0.2, -0.15) is 0 Å². The number of fused-ring (bicyclic) bond motifs is 1. The lowest BCUT2D eigenvalue weighted by molar-refractivity contribution is -0.384. The minimum Gasteiger partial charge on any atom is -0.496 e. The summed E-state index contributed by atoms with van der Waals surface area (Å²) in [6, 6.07) is 9.17. The van der Waals surface area contributed by atoms with Gasteiger partial charge in [-0.15, -0.1) is 0 Å². The van der Waals surface area contributed by atoms with Crippen LogP contribution in [0.4, 0.5) is 5.69 Å². The van der Waals surface area contributed by atoms with Crippen LogP contribution >= 0.6 is 0 Å². The molecule has 144 valence electrons. The van der Waals surface area contributed by atoms with Crippen LogP contribution in [0.25, 0.3) is 11.0 Å². The third kappa shape index (κ3) is 3.75. The Hall–Kier alpha value is -3.95. The van der Waals surface area contributed by atoms with Crippen molar-refractivity contribution in [3.05, 3.63) is 78.3 Å². The number of nitrogens with one attached hydrogen (secondary N) is 3. The Kier molecular flexibility index (Phi) is 5.21. The molecule has 0 aliphatic rings. The number of nitro groups is 1. The van der Waals surface area contributed by atoms with Crippen molar-refractivity contribution in [2.75, 3.05) is 13.7 Å². The summed E-state index contributed by atoms with van der Waals surface area (Å²) in [4.78, 5) is 50.8. The predicted octanol–water partition coefficient (Wildman–Crippen LogP) is 1.11. The quantitative estimate of drug-likeness (QED) is 0.329. The number of amides is 1. The highest BCUT2D eigenvalue weighted by atomic mass is 16.6. The number of carbonyl (C=O) groups excluding carboxylic acids is 1. The van der Waals surface area contributed by atoms with Gasteiger partial charge in [0.15, 0.2) is 0 Å². The average molecular weight is 384 g/mol. The molecule has 3 N–H and O–H groups in total. The number of rotatable bonds is 6. The number of para-hydroxylation sites is 1. The number of hydrogen-bond donors (Lipinski definition) is 3. The molecule has 1 aromatic heterocycles. The summed E-state index contributed by atoms with van der Waals surface area (Å²) < 4.78 is 5.15. The number of aromatic nitrogens is 2. The highest BCUT2D eigenvalue weighted by Gasteiger charge is 2.15. The number of hydrogen-bond acceptors (Lipinski definition) is 6. The number of nitrogens with zero attached hydrogens (tertiary/aromatic N) is 1. The fourth-order valence-electron chi connectivity index (χ4n) is 2.82. The molecule has 0 atom stereocenters. The highest BCUT2D eigenvalue weighted by Crippen LogP contribution is 2.22. The van der Waals surface area contributed by atoms with Crippen LogP contribution in [-0.2, 0) is 6.42 Å². The molecule has 0 saturated carbocycles. The lowest BCUT2D eigenvalue weighted by atomic mass is 10.1. The smallest absolute Gasteiger partial charge is 0.314 e. The van der Waals surface area contributed by atoms with Gasteiger partial charge >= 0.3 is 11.1 Å². The number of H-pyrrole nitrogens is 2. The standard InChI is InChI=1S/C18H16N4O6/c1-28-14-5-3-2-4-12(14)16(23)19-7-6-10-8-11(22(26)27)9-13-15(10)21-18(25)17(24)20-13/h2-5,8-9H,6-7H2,1H3,(H,19,23)(H,20,24)(H,21,25). The minimum atomic E-state index is -0.900. The van der Waals surface area contributed by atoms with E-state index in [2.05, 4.69) is 15.3 Å². The van der Waals surface area contributed by atoms with E-state index in [1.165, 1.54) is 19.2 Å². The fourth-order valence-corrected chi connectivity index (χ4v) is 2.82. The van der Waals surface area contributed by atoms with Crippen molar-refractivity contribution in [1.29, 1.82) is 0 Å². The maximum Gasteiger partial charge on any atom is 0.314 e. The van der Waals surface area contributed by atoms with Crippen molar-refractivity contribution in [1.82, 2.24) is 15.3 Å². The molecule has 0 saturated heterocycles. The SMILES string of the molecule is COc1ccccc1C(=O)NCCc1cc([N+](=O)[O-])cc2[nH]c(=O)c(=O)[nH]c12. The van der Waals surface area contributed by atoms with Crippen LogP contribution in [0.5, 0.6) is 5.75 Å². The van der Waals surface area contributed by atoms with Gasteiger partial charge in [-0.1, -0.05) is 12.1 Å². The van der Waals surface area contributed by atoms with Crippen LogP contribution < -0.4 is 21.2 Å². The van der Waals surface area contributed by atoms with E-state index in [0.29, 0.717) is 16.9 Å². The lowest BCUT2D eigenvalue weighted by Crippen LogP contribution is -2.30. The number of aromatic amines is 2. The van der Waals surface area contributed by atoms with Crippen molar-refractivity contribution in [3.63, 3.8) is 0 Å². The Bertz CT molecular complexity index is 1180. The number of methoxy groups -OCH3 is 1. The first-order valence-electron chi connectivity index (χ1n) is 8.25. The number of nitro benzene ring substituents is 1. The van der Waals surface area contributed by atoms with Crippen LogP contribution in [0.2, 0.25) is 0 Å². The minimum absolute atomic E-state index is 0.143.